The van der Waals surface area contributed by atoms with Gasteiger partial charge >= 0.3 is 12.3 Å². The lowest BCUT2D eigenvalue weighted by molar-refractivity contribution is -0.136. The third-order valence-corrected chi connectivity index (χ3v) is 2.56. The maximum absolute atomic E-state index is 12.3. The number of aromatic nitrogens is 2. The molecule has 0 aromatic carbocycles. The molecule has 0 unspecified atom stereocenters. The van der Waals surface area contributed by atoms with E-state index in [0.29, 0.717) is 5.69 Å². The van der Waals surface area contributed by atoms with Crippen molar-refractivity contribution < 1.29 is 22.7 Å². The number of ether oxygens (including phenoxy) is 1. The van der Waals surface area contributed by atoms with Crippen LogP contribution in [0.3, 0.4) is 0 Å². The number of hydrogen-bond acceptors (Lipinski definition) is 3. The molecule has 1 amide bonds. The maximum Gasteiger partial charge on any atom is 0.408 e. The van der Waals surface area contributed by atoms with Gasteiger partial charge < -0.3 is 14.6 Å². The zero-order chi connectivity index (χ0) is 16.3. The Labute approximate surface area is 121 Å². The van der Waals surface area contributed by atoms with Gasteiger partial charge in [0.05, 0.1) is 30.7 Å². The number of hydrogen-bond donors (Lipinski definition) is 1. The molecule has 0 aliphatic rings. The third-order valence-electron chi connectivity index (χ3n) is 2.56. The number of halogens is 3. The van der Waals surface area contributed by atoms with Crippen LogP contribution in [0.4, 0.5) is 18.0 Å². The molecule has 0 spiro atoms. The molecular weight excluding hydrogens is 287 g/mol. The summed E-state index contributed by atoms with van der Waals surface area (Å²) in [5.41, 5.74) is -0.148. The van der Waals surface area contributed by atoms with E-state index >= 15 is 0 Å². The number of nitrogens with one attached hydrogen (secondary N) is 1. The lowest BCUT2D eigenvalue weighted by Gasteiger charge is -2.22. The largest absolute Gasteiger partial charge is 0.444 e. The Hall–Kier alpha value is -1.73. The molecule has 1 rings (SSSR count). The van der Waals surface area contributed by atoms with Crippen LogP contribution in [0.2, 0.25) is 0 Å². The second-order valence-electron chi connectivity index (χ2n) is 5.74. The second kappa shape index (κ2) is 6.36. The van der Waals surface area contributed by atoms with Crippen LogP contribution < -0.4 is 5.32 Å². The van der Waals surface area contributed by atoms with Crippen LogP contribution in [-0.2, 0) is 11.3 Å². The van der Waals surface area contributed by atoms with Gasteiger partial charge in [0.15, 0.2) is 0 Å². The van der Waals surface area contributed by atoms with Crippen LogP contribution >= 0.6 is 0 Å². The molecular formula is C13H20F3N3O2. The van der Waals surface area contributed by atoms with Crippen LogP contribution in [0.5, 0.6) is 0 Å². The first kappa shape index (κ1) is 17.3. The average molecular weight is 307 g/mol. The summed E-state index contributed by atoms with van der Waals surface area (Å²) in [4.78, 5) is 15.5. The average Bonchev–Trinajstić information content (AvgIpc) is 2.70. The number of nitrogens with zero attached hydrogens (tertiary/aromatic N) is 2. The van der Waals surface area contributed by atoms with E-state index in [1.807, 2.05) is 0 Å². The van der Waals surface area contributed by atoms with E-state index in [0.717, 1.165) is 0 Å². The van der Waals surface area contributed by atoms with Crippen LogP contribution in [0.15, 0.2) is 12.5 Å². The zero-order valence-corrected chi connectivity index (χ0v) is 12.5. The smallest absolute Gasteiger partial charge is 0.408 e. The van der Waals surface area contributed by atoms with Gasteiger partial charge in [-0.25, -0.2) is 9.78 Å². The third kappa shape index (κ3) is 6.50. The normalized spacial score (nSPS) is 13.9. The second-order valence-corrected chi connectivity index (χ2v) is 5.74. The number of carbonyl (C=O) groups is 1. The number of amides is 1. The number of alkyl carbamates (subject to hydrolysis) is 1. The highest BCUT2D eigenvalue weighted by Crippen LogP contribution is 2.22. The quantitative estimate of drug-likeness (QED) is 0.927. The van der Waals surface area contributed by atoms with Crippen molar-refractivity contribution in [3.05, 3.63) is 18.2 Å². The first-order chi connectivity index (χ1) is 9.48. The monoisotopic (exact) mass is 307 g/mol. The molecule has 1 aromatic heterocycles. The summed E-state index contributed by atoms with van der Waals surface area (Å²) in [5, 5.41) is 2.57. The molecule has 0 radical (unpaired) electrons. The summed E-state index contributed by atoms with van der Waals surface area (Å²) in [6.07, 6.45) is -3.07. The SMILES string of the molecule is C[C@@H](NC(=O)OC(C)(C)C)c1cncn1CCC(F)(F)F. The van der Waals surface area contributed by atoms with E-state index in [2.05, 4.69) is 10.3 Å². The Kier molecular flexibility index (Phi) is 5.25. The molecule has 5 nitrogen and oxygen atoms in total. The van der Waals surface area contributed by atoms with Gasteiger partial charge in [-0.3, -0.25) is 0 Å². The molecule has 0 fully saturated rings. The molecule has 1 N–H and O–H groups in total. The molecule has 0 bridgehead atoms. The minimum atomic E-state index is -4.23. The summed E-state index contributed by atoms with van der Waals surface area (Å²) in [5.74, 6) is 0. The van der Waals surface area contributed by atoms with Crippen molar-refractivity contribution in [3.63, 3.8) is 0 Å². The van der Waals surface area contributed by atoms with Crippen molar-refractivity contribution in [2.45, 2.75) is 58.5 Å². The molecule has 120 valence electrons. The number of aryl methyl sites for hydroxylation is 1. The molecule has 0 aliphatic heterocycles. The Bertz CT molecular complexity index is 478. The molecule has 0 aliphatic carbocycles. The van der Waals surface area contributed by atoms with E-state index in [1.165, 1.54) is 17.1 Å². The van der Waals surface area contributed by atoms with Gasteiger partial charge in [0.2, 0.25) is 0 Å². The highest BCUT2D eigenvalue weighted by Gasteiger charge is 2.27. The lowest BCUT2D eigenvalue weighted by atomic mass is 10.2. The Balaban J connectivity index is 2.65. The van der Waals surface area contributed by atoms with Gasteiger partial charge in [-0.05, 0) is 27.7 Å². The van der Waals surface area contributed by atoms with Crippen LogP contribution in [0.1, 0.15) is 45.9 Å². The van der Waals surface area contributed by atoms with Crippen LogP contribution in [0, 0.1) is 0 Å². The van der Waals surface area contributed by atoms with E-state index in [4.69, 9.17) is 4.74 Å². The molecule has 0 saturated carbocycles. The molecule has 21 heavy (non-hydrogen) atoms. The van der Waals surface area contributed by atoms with Gasteiger partial charge in [0.25, 0.3) is 0 Å². The van der Waals surface area contributed by atoms with Gasteiger partial charge in [-0.2, -0.15) is 13.2 Å². The van der Waals surface area contributed by atoms with Crippen molar-refractivity contribution in [2.24, 2.45) is 0 Å². The minimum absolute atomic E-state index is 0.237. The fourth-order valence-corrected chi connectivity index (χ4v) is 1.68. The minimum Gasteiger partial charge on any atom is -0.444 e. The summed E-state index contributed by atoms with van der Waals surface area (Å²) in [7, 11) is 0. The van der Waals surface area contributed by atoms with Gasteiger partial charge in [0.1, 0.15) is 5.60 Å². The van der Waals surface area contributed by atoms with Crippen molar-refractivity contribution in [1.29, 1.82) is 0 Å². The summed E-state index contributed by atoms with van der Waals surface area (Å²) >= 11 is 0. The predicted octanol–water partition coefficient (Wildman–Crippen LogP) is 3.42. The van der Waals surface area contributed by atoms with E-state index in [1.54, 1.807) is 27.7 Å². The van der Waals surface area contributed by atoms with E-state index < -0.39 is 30.3 Å². The number of imidazole rings is 1. The van der Waals surface area contributed by atoms with Crippen molar-refractivity contribution >= 4 is 6.09 Å². The first-order valence-corrected chi connectivity index (χ1v) is 6.54. The van der Waals surface area contributed by atoms with Crippen LogP contribution in [0.25, 0.3) is 0 Å². The molecule has 1 heterocycles. The fraction of sp³-hybridized carbons (Fsp3) is 0.692. The van der Waals surface area contributed by atoms with Crippen LogP contribution in [-0.4, -0.2) is 27.4 Å². The van der Waals surface area contributed by atoms with Crippen molar-refractivity contribution in [2.75, 3.05) is 0 Å². The molecule has 0 saturated heterocycles. The lowest BCUT2D eigenvalue weighted by Crippen LogP contribution is -2.34. The van der Waals surface area contributed by atoms with Crippen molar-refractivity contribution in [1.82, 2.24) is 14.9 Å². The highest BCUT2D eigenvalue weighted by atomic mass is 19.4. The van der Waals surface area contributed by atoms with Gasteiger partial charge in [-0.1, -0.05) is 0 Å². The maximum atomic E-state index is 12.3. The Morgan fingerprint density at radius 3 is 2.57 bits per heavy atom. The summed E-state index contributed by atoms with van der Waals surface area (Å²) in [6.45, 7) is 6.60. The van der Waals surface area contributed by atoms with Gasteiger partial charge in [-0.15, -0.1) is 0 Å². The standard InChI is InChI=1S/C13H20F3N3O2/c1-9(18-11(20)21-12(2,3)4)10-7-17-8-19(10)6-5-13(14,15)16/h7-9H,5-6H2,1-4H3,(H,18,20)/t9-/m1/s1. The highest BCUT2D eigenvalue weighted by molar-refractivity contribution is 5.68. The number of carbonyl (C=O) groups excluding carboxylic acids is 1. The van der Waals surface area contributed by atoms with E-state index in [9.17, 15) is 18.0 Å². The Morgan fingerprint density at radius 1 is 1.43 bits per heavy atom. The predicted molar refractivity (Wildman–Crippen MR) is 70.7 cm³/mol. The summed E-state index contributed by atoms with van der Waals surface area (Å²) < 4.78 is 43.2. The zero-order valence-electron chi connectivity index (χ0n) is 12.5. The first-order valence-electron chi connectivity index (χ1n) is 6.54. The number of rotatable bonds is 4. The van der Waals surface area contributed by atoms with Crippen molar-refractivity contribution in [3.8, 4) is 0 Å². The topological polar surface area (TPSA) is 56.1 Å². The Morgan fingerprint density at radius 2 is 2.05 bits per heavy atom. The molecule has 1 atom stereocenters. The molecule has 1 aromatic rings. The molecule has 8 heteroatoms. The summed E-state index contributed by atoms with van der Waals surface area (Å²) in [6, 6.07) is -0.504. The fourth-order valence-electron chi connectivity index (χ4n) is 1.68. The van der Waals surface area contributed by atoms with E-state index in [-0.39, 0.29) is 6.54 Å². The number of alkyl halides is 3. The van der Waals surface area contributed by atoms with Gasteiger partial charge in [0, 0.05) is 6.54 Å².